The van der Waals surface area contributed by atoms with Crippen LogP contribution < -0.4 is 10.2 Å². The van der Waals surface area contributed by atoms with Gasteiger partial charge in [0, 0.05) is 31.6 Å². The summed E-state index contributed by atoms with van der Waals surface area (Å²) in [6, 6.07) is 6.11. The molecule has 0 bridgehead atoms. The van der Waals surface area contributed by atoms with Gasteiger partial charge in [0.05, 0.1) is 0 Å². The number of hydrogen-bond acceptors (Lipinski definition) is 2. The molecule has 3 rings (SSSR count). The molecular weight excluding hydrogens is 264 g/mol. The van der Waals surface area contributed by atoms with Crippen LogP contribution in [0.15, 0.2) is 18.2 Å². The lowest BCUT2D eigenvalue weighted by molar-refractivity contribution is -0.125. The predicted molar refractivity (Wildman–Crippen MR) is 82.0 cm³/mol. The second-order valence-electron chi connectivity index (χ2n) is 6.12. The van der Waals surface area contributed by atoms with E-state index < -0.39 is 0 Å². The molecule has 0 radical (unpaired) electrons. The zero-order chi connectivity index (χ0) is 14.8. The van der Waals surface area contributed by atoms with Gasteiger partial charge in [-0.05, 0) is 36.5 Å². The second kappa shape index (κ2) is 5.88. The number of carbonyl (C=O) groups excluding carboxylic acids is 2. The van der Waals surface area contributed by atoms with Crippen molar-refractivity contribution in [3.63, 3.8) is 0 Å². The average Bonchev–Trinajstić information content (AvgIpc) is 3.03. The third-order valence-corrected chi connectivity index (χ3v) is 4.68. The van der Waals surface area contributed by atoms with Crippen molar-refractivity contribution in [2.75, 3.05) is 11.9 Å². The van der Waals surface area contributed by atoms with Crippen molar-refractivity contribution in [3.8, 4) is 0 Å². The molecule has 0 aromatic heterocycles. The molecule has 4 heteroatoms. The topological polar surface area (TPSA) is 49.4 Å². The highest BCUT2D eigenvalue weighted by atomic mass is 16.2. The van der Waals surface area contributed by atoms with E-state index in [0.717, 1.165) is 30.5 Å². The van der Waals surface area contributed by atoms with E-state index in [1.165, 1.54) is 18.4 Å². The van der Waals surface area contributed by atoms with Gasteiger partial charge in [0.1, 0.15) is 0 Å². The molecule has 1 saturated carbocycles. The van der Waals surface area contributed by atoms with Crippen LogP contribution in [0.4, 0.5) is 5.69 Å². The molecule has 0 spiro atoms. The second-order valence-corrected chi connectivity index (χ2v) is 6.12. The molecule has 0 atom stereocenters. The Bertz CT molecular complexity index is 562. The normalized spacial score (nSPS) is 18.7. The van der Waals surface area contributed by atoms with Gasteiger partial charge in [-0.25, -0.2) is 0 Å². The number of nitrogens with one attached hydrogen (secondary N) is 1. The fourth-order valence-electron chi connectivity index (χ4n) is 3.34. The lowest BCUT2D eigenvalue weighted by Gasteiger charge is -2.26. The van der Waals surface area contributed by atoms with Gasteiger partial charge in [0.15, 0.2) is 0 Å². The number of nitrogens with zero attached hydrogens (tertiary/aromatic N) is 1. The number of rotatable bonds is 3. The number of aryl methyl sites for hydroxylation is 1. The standard InChI is InChI=1S/C17H22N2O2/c1-19-15-8-6-12(10-14(15)7-9-16(19)20)11-18-17(21)13-4-2-3-5-13/h6,8,10,13H,2-5,7,9,11H2,1H3,(H,18,21). The Balaban J connectivity index is 1.64. The van der Waals surface area contributed by atoms with E-state index in [9.17, 15) is 9.59 Å². The minimum Gasteiger partial charge on any atom is -0.352 e. The molecule has 4 nitrogen and oxygen atoms in total. The molecule has 1 heterocycles. The van der Waals surface area contributed by atoms with Crippen LogP contribution in [0.5, 0.6) is 0 Å². The maximum atomic E-state index is 12.0. The Kier molecular flexibility index (Phi) is 3.95. The summed E-state index contributed by atoms with van der Waals surface area (Å²) in [5.74, 6) is 0.577. The van der Waals surface area contributed by atoms with Gasteiger partial charge in [-0.3, -0.25) is 9.59 Å². The van der Waals surface area contributed by atoms with Gasteiger partial charge in [0.25, 0.3) is 0 Å². The van der Waals surface area contributed by atoms with Crippen molar-refractivity contribution in [1.82, 2.24) is 5.32 Å². The number of anilines is 1. The van der Waals surface area contributed by atoms with Gasteiger partial charge in [0.2, 0.25) is 11.8 Å². The summed E-state index contributed by atoms with van der Waals surface area (Å²) in [6.45, 7) is 0.584. The molecule has 1 aromatic rings. The molecule has 0 unspecified atom stereocenters. The smallest absolute Gasteiger partial charge is 0.227 e. The van der Waals surface area contributed by atoms with Gasteiger partial charge in [-0.15, -0.1) is 0 Å². The number of amides is 2. The quantitative estimate of drug-likeness (QED) is 0.927. The fraction of sp³-hybridized carbons (Fsp3) is 0.529. The fourth-order valence-corrected chi connectivity index (χ4v) is 3.34. The van der Waals surface area contributed by atoms with Gasteiger partial charge in [-0.2, -0.15) is 0 Å². The molecular formula is C17H22N2O2. The molecule has 1 aliphatic carbocycles. The van der Waals surface area contributed by atoms with Crippen molar-refractivity contribution in [1.29, 1.82) is 0 Å². The first kappa shape index (κ1) is 14.1. The lowest BCUT2D eigenvalue weighted by Crippen LogP contribution is -2.31. The van der Waals surface area contributed by atoms with Crippen LogP contribution in [0.3, 0.4) is 0 Å². The zero-order valence-electron chi connectivity index (χ0n) is 12.5. The minimum absolute atomic E-state index is 0.171. The maximum Gasteiger partial charge on any atom is 0.227 e. The Morgan fingerprint density at radius 1 is 1.29 bits per heavy atom. The van der Waals surface area contributed by atoms with Crippen LogP contribution in [0, 0.1) is 5.92 Å². The molecule has 112 valence electrons. The SMILES string of the molecule is CN1C(=O)CCc2cc(CNC(=O)C3CCCC3)ccc21. The predicted octanol–water partition coefficient (Wildman–Crippen LogP) is 2.40. The summed E-state index contributed by atoms with van der Waals surface area (Å²) >= 11 is 0. The van der Waals surface area contributed by atoms with Crippen LogP contribution in [-0.2, 0) is 22.6 Å². The lowest BCUT2D eigenvalue weighted by atomic mass is 9.99. The van der Waals surface area contributed by atoms with E-state index in [0.29, 0.717) is 13.0 Å². The van der Waals surface area contributed by atoms with E-state index in [1.807, 2.05) is 19.2 Å². The van der Waals surface area contributed by atoms with E-state index in [1.54, 1.807) is 4.90 Å². The van der Waals surface area contributed by atoms with Crippen LogP contribution in [-0.4, -0.2) is 18.9 Å². The summed E-state index contributed by atoms with van der Waals surface area (Å²) < 4.78 is 0. The first-order valence-corrected chi connectivity index (χ1v) is 7.81. The summed E-state index contributed by atoms with van der Waals surface area (Å²) in [4.78, 5) is 25.4. The first-order valence-electron chi connectivity index (χ1n) is 7.81. The van der Waals surface area contributed by atoms with Crippen LogP contribution >= 0.6 is 0 Å². The highest BCUT2D eigenvalue weighted by molar-refractivity contribution is 5.95. The zero-order valence-corrected chi connectivity index (χ0v) is 12.5. The van der Waals surface area contributed by atoms with Crippen molar-refractivity contribution in [2.45, 2.75) is 45.1 Å². The van der Waals surface area contributed by atoms with E-state index in [-0.39, 0.29) is 17.7 Å². The highest BCUT2D eigenvalue weighted by Crippen LogP contribution is 2.28. The number of fused-ring (bicyclic) bond motifs is 1. The number of carbonyl (C=O) groups is 2. The Labute approximate surface area is 125 Å². The molecule has 0 saturated heterocycles. The van der Waals surface area contributed by atoms with Gasteiger partial charge >= 0.3 is 0 Å². The van der Waals surface area contributed by atoms with Crippen molar-refractivity contribution in [3.05, 3.63) is 29.3 Å². The third kappa shape index (κ3) is 2.94. The van der Waals surface area contributed by atoms with Crippen molar-refractivity contribution >= 4 is 17.5 Å². The van der Waals surface area contributed by atoms with Crippen molar-refractivity contribution in [2.24, 2.45) is 5.92 Å². The van der Waals surface area contributed by atoms with E-state index >= 15 is 0 Å². The van der Waals surface area contributed by atoms with Crippen molar-refractivity contribution < 1.29 is 9.59 Å². The number of benzene rings is 1. The van der Waals surface area contributed by atoms with Crippen LogP contribution in [0.2, 0.25) is 0 Å². The van der Waals surface area contributed by atoms with Crippen LogP contribution in [0.1, 0.15) is 43.2 Å². The van der Waals surface area contributed by atoms with Gasteiger partial charge in [-0.1, -0.05) is 25.0 Å². The Morgan fingerprint density at radius 2 is 2.05 bits per heavy atom. The summed E-state index contributed by atoms with van der Waals surface area (Å²) in [7, 11) is 1.82. The number of hydrogen-bond donors (Lipinski definition) is 1. The first-order chi connectivity index (χ1) is 10.1. The molecule has 1 aromatic carbocycles. The van der Waals surface area contributed by atoms with E-state index in [2.05, 4.69) is 11.4 Å². The molecule has 2 aliphatic rings. The third-order valence-electron chi connectivity index (χ3n) is 4.68. The summed E-state index contributed by atoms with van der Waals surface area (Å²) in [6.07, 6.45) is 5.78. The average molecular weight is 286 g/mol. The Morgan fingerprint density at radius 3 is 2.81 bits per heavy atom. The molecule has 21 heavy (non-hydrogen) atoms. The Hall–Kier alpha value is -1.84. The molecule has 2 amide bonds. The maximum absolute atomic E-state index is 12.0. The molecule has 1 aliphatic heterocycles. The van der Waals surface area contributed by atoms with Crippen LogP contribution in [0.25, 0.3) is 0 Å². The monoisotopic (exact) mass is 286 g/mol. The highest BCUT2D eigenvalue weighted by Gasteiger charge is 2.23. The summed E-state index contributed by atoms with van der Waals surface area (Å²) in [5.41, 5.74) is 3.31. The van der Waals surface area contributed by atoms with E-state index in [4.69, 9.17) is 0 Å². The van der Waals surface area contributed by atoms with Gasteiger partial charge < -0.3 is 10.2 Å². The summed E-state index contributed by atoms with van der Waals surface area (Å²) in [5, 5.41) is 3.05. The minimum atomic E-state index is 0.171. The molecule has 1 fully saturated rings. The molecule has 1 N–H and O–H groups in total. The largest absolute Gasteiger partial charge is 0.352 e.